The third-order valence-electron chi connectivity index (χ3n) is 2.91. The number of rotatable bonds is 4. The Morgan fingerprint density at radius 1 is 1.44 bits per heavy atom. The predicted molar refractivity (Wildman–Crippen MR) is 62.1 cm³/mol. The van der Waals surface area contributed by atoms with Gasteiger partial charge in [0.15, 0.2) is 0 Å². The lowest BCUT2D eigenvalue weighted by atomic mass is 10.1. The van der Waals surface area contributed by atoms with E-state index in [2.05, 4.69) is 5.32 Å². The van der Waals surface area contributed by atoms with E-state index in [0.29, 0.717) is 6.61 Å². The van der Waals surface area contributed by atoms with E-state index in [4.69, 9.17) is 4.74 Å². The predicted octanol–water partition coefficient (Wildman–Crippen LogP) is 1.52. The lowest BCUT2D eigenvalue weighted by molar-refractivity contribution is -0.118. The molecule has 0 saturated carbocycles. The highest BCUT2D eigenvalue weighted by Gasteiger charge is 2.27. The van der Waals surface area contributed by atoms with Gasteiger partial charge in [-0.15, -0.1) is 0 Å². The molecule has 0 aliphatic carbocycles. The van der Waals surface area contributed by atoms with Gasteiger partial charge < -0.3 is 10.1 Å². The molecular weight excluding hydrogens is 202 g/mol. The molecule has 0 amide bonds. The first-order valence-corrected chi connectivity index (χ1v) is 5.65. The lowest BCUT2D eigenvalue weighted by Gasteiger charge is -2.10. The van der Waals surface area contributed by atoms with Crippen molar-refractivity contribution in [1.29, 1.82) is 0 Å². The maximum absolute atomic E-state index is 11.1. The standard InChI is InChI=1S/C13H17NO2/c1-10(15)13-7-12(8-14-13)16-9-11-5-3-2-4-6-11/h2-6,12-14H,7-9H2,1H3. The molecule has 0 aromatic heterocycles. The Hall–Kier alpha value is -1.19. The van der Waals surface area contributed by atoms with Crippen LogP contribution in [0.15, 0.2) is 30.3 Å². The van der Waals surface area contributed by atoms with Crippen molar-refractivity contribution >= 4 is 5.78 Å². The minimum atomic E-state index is -0.0132. The molecule has 0 radical (unpaired) electrons. The average Bonchev–Trinajstić information content (AvgIpc) is 2.76. The van der Waals surface area contributed by atoms with Crippen molar-refractivity contribution in [2.24, 2.45) is 0 Å². The second kappa shape index (κ2) is 5.23. The van der Waals surface area contributed by atoms with E-state index >= 15 is 0 Å². The van der Waals surface area contributed by atoms with Gasteiger partial charge in [0.05, 0.1) is 18.8 Å². The first-order valence-electron chi connectivity index (χ1n) is 5.65. The van der Waals surface area contributed by atoms with Crippen molar-refractivity contribution in [3.8, 4) is 0 Å². The summed E-state index contributed by atoms with van der Waals surface area (Å²) in [5, 5.41) is 3.17. The smallest absolute Gasteiger partial charge is 0.146 e. The molecule has 3 heteroatoms. The summed E-state index contributed by atoms with van der Waals surface area (Å²) >= 11 is 0. The van der Waals surface area contributed by atoms with Crippen LogP contribution in [-0.4, -0.2) is 24.5 Å². The molecule has 86 valence electrons. The van der Waals surface area contributed by atoms with E-state index in [9.17, 15) is 4.79 Å². The average molecular weight is 219 g/mol. The summed E-state index contributed by atoms with van der Waals surface area (Å²) in [6.07, 6.45) is 0.955. The van der Waals surface area contributed by atoms with E-state index in [1.54, 1.807) is 6.92 Å². The quantitative estimate of drug-likeness (QED) is 0.834. The Morgan fingerprint density at radius 2 is 2.19 bits per heavy atom. The van der Waals surface area contributed by atoms with Crippen LogP contribution in [0.4, 0.5) is 0 Å². The largest absolute Gasteiger partial charge is 0.372 e. The SMILES string of the molecule is CC(=O)C1CC(OCc2ccccc2)CN1. The molecule has 2 atom stereocenters. The van der Waals surface area contributed by atoms with Crippen molar-refractivity contribution in [2.45, 2.75) is 32.1 Å². The summed E-state index contributed by atoms with van der Waals surface area (Å²) in [5.74, 6) is 0.200. The topological polar surface area (TPSA) is 38.3 Å². The molecular formula is C13H17NO2. The zero-order valence-corrected chi connectivity index (χ0v) is 9.48. The highest BCUT2D eigenvalue weighted by atomic mass is 16.5. The Labute approximate surface area is 95.8 Å². The van der Waals surface area contributed by atoms with Crippen LogP contribution in [0.1, 0.15) is 18.9 Å². The highest BCUT2D eigenvalue weighted by Crippen LogP contribution is 2.13. The molecule has 16 heavy (non-hydrogen) atoms. The minimum Gasteiger partial charge on any atom is -0.372 e. The lowest BCUT2D eigenvalue weighted by Crippen LogP contribution is -2.28. The van der Waals surface area contributed by atoms with Crippen LogP contribution in [0.5, 0.6) is 0 Å². The molecule has 0 spiro atoms. The number of Topliss-reactive ketones (excluding diaryl/α,β-unsaturated/α-hetero) is 1. The number of carbonyl (C=O) groups is 1. The van der Waals surface area contributed by atoms with E-state index in [-0.39, 0.29) is 17.9 Å². The fourth-order valence-corrected chi connectivity index (χ4v) is 1.93. The maximum atomic E-state index is 11.1. The van der Waals surface area contributed by atoms with E-state index < -0.39 is 0 Å². The second-order valence-corrected chi connectivity index (χ2v) is 4.23. The third kappa shape index (κ3) is 2.90. The number of ketones is 1. The summed E-state index contributed by atoms with van der Waals surface area (Å²) in [7, 11) is 0. The molecule has 1 aromatic carbocycles. The zero-order valence-electron chi connectivity index (χ0n) is 9.48. The molecule has 1 aliphatic heterocycles. The van der Waals surface area contributed by atoms with Crippen molar-refractivity contribution in [3.63, 3.8) is 0 Å². The molecule has 2 unspecified atom stereocenters. The molecule has 1 N–H and O–H groups in total. The number of hydrogen-bond donors (Lipinski definition) is 1. The minimum absolute atomic E-state index is 0.0132. The Balaban J connectivity index is 1.78. The van der Waals surface area contributed by atoms with Gasteiger partial charge in [0.25, 0.3) is 0 Å². The summed E-state index contributed by atoms with van der Waals surface area (Å²) in [5.41, 5.74) is 1.17. The van der Waals surface area contributed by atoms with Crippen LogP contribution in [0.3, 0.4) is 0 Å². The molecule has 1 aromatic rings. The van der Waals surface area contributed by atoms with Crippen LogP contribution >= 0.6 is 0 Å². The number of ether oxygens (including phenoxy) is 1. The second-order valence-electron chi connectivity index (χ2n) is 4.23. The van der Waals surface area contributed by atoms with Crippen LogP contribution in [-0.2, 0) is 16.1 Å². The molecule has 1 aliphatic rings. The van der Waals surface area contributed by atoms with Crippen LogP contribution < -0.4 is 5.32 Å². The van der Waals surface area contributed by atoms with E-state index in [1.807, 2.05) is 30.3 Å². The van der Waals surface area contributed by atoms with Crippen LogP contribution in [0.25, 0.3) is 0 Å². The molecule has 1 heterocycles. The summed E-state index contributed by atoms with van der Waals surface area (Å²) < 4.78 is 5.75. The van der Waals surface area contributed by atoms with Gasteiger partial charge in [-0.2, -0.15) is 0 Å². The summed E-state index contributed by atoms with van der Waals surface area (Å²) in [6.45, 7) is 3.02. The number of hydrogen-bond acceptors (Lipinski definition) is 3. The molecule has 1 saturated heterocycles. The first-order chi connectivity index (χ1) is 7.75. The van der Waals surface area contributed by atoms with E-state index in [0.717, 1.165) is 13.0 Å². The van der Waals surface area contributed by atoms with Gasteiger partial charge in [-0.05, 0) is 18.9 Å². The molecule has 1 fully saturated rings. The van der Waals surface area contributed by atoms with Crippen LogP contribution in [0, 0.1) is 0 Å². The van der Waals surface area contributed by atoms with Crippen LogP contribution in [0.2, 0.25) is 0 Å². The van der Waals surface area contributed by atoms with E-state index in [1.165, 1.54) is 5.56 Å². The zero-order chi connectivity index (χ0) is 11.4. The Kier molecular flexibility index (Phi) is 3.70. The number of benzene rings is 1. The van der Waals surface area contributed by atoms with Crippen molar-refractivity contribution in [1.82, 2.24) is 5.32 Å². The van der Waals surface area contributed by atoms with Gasteiger partial charge >= 0.3 is 0 Å². The Bertz CT molecular complexity index is 350. The highest BCUT2D eigenvalue weighted by molar-refractivity contribution is 5.81. The van der Waals surface area contributed by atoms with Crippen molar-refractivity contribution in [3.05, 3.63) is 35.9 Å². The summed E-state index contributed by atoms with van der Waals surface area (Å²) in [4.78, 5) is 11.1. The first kappa shape index (κ1) is 11.3. The van der Waals surface area contributed by atoms with Gasteiger partial charge in [-0.1, -0.05) is 30.3 Å². The number of carbonyl (C=O) groups excluding carboxylic acids is 1. The van der Waals surface area contributed by atoms with Gasteiger partial charge in [-0.3, -0.25) is 4.79 Å². The molecule has 2 rings (SSSR count). The monoisotopic (exact) mass is 219 g/mol. The maximum Gasteiger partial charge on any atom is 0.146 e. The van der Waals surface area contributed by atoms with Gasteiger partial charge in [-0.25, -0.2) is 0 Å². The Morgan fingerprint density at radius 3 is 2.81 bits per heavy atom. The molecule has 3 nitrogen and oxygen atoms in total. The van der Waals surface area contributed by atoms with Gasteiger partial charge in [0.1, 0.15) is 5.78 Å². The van der Waals surface area contributed by atoms with Gasteiger partial charge in [0.2, 0.25) is 0 Å². The van der Waals surface area contributed by atoms with Crippen molar-refractivity contribution in [2.75, 3.05) is 6.54 Å². The van der Waals surface area contributed by atoms with Crippen molar-refractivity contribution < 1.29 is 9.53 Å². The fourth-order valence-electron chi connectivity index (χ4n) is 1.93. The normalized spacial score (nSPS) is 24.6. The van der Waals surface area contributed by atoms with Gasteiger partial charge in [0, 0.05) is 6.54 Å². The number of nitrogens with one attached hydrogen (secondary N) is 1. The third-order valence-corrected chi connectivity index (χ3v) is 2.91. The summed E-state index contributed by atoms with van der Waals surface area (Å²) in [6, 6.07) is 10.1. The molecule has 0 bridgehead atoms. The fraction of sp³-hybridized carbons (Fsp3) is 0.462.